The topological polar surface area (TPSA) is 83.2 Å². The van der Waals surface area contributed by atoms with E-state index in [0.717, 1.165) is 46.3 Å². The molecule has 3 aromatic rings. The van der Waals surface area contributed by atoms with E-state index in [9.17, 15) is 0 Å². The average molecular weight is 419 g/mol. The van der Waals surface area contributed by atoms with E-state index >= 15 is 0 Å². The van der Waals surface area contributed by atoms with Gasteiger partial charge in [-0.25, -0.2) is 4.98 Å². The highest BCUT2D eigenvalue weighted by atomic mass is 16.5. The quantitative estimate of drug-likeness (QED) is 0.668. The molecule has 0 unspecified atom stereocenters. The van der Waals surface area contributed by atoms with Crippen LogP contribution in [0.15, 0.2) is 30.6 Å². The van der Waals surface area contributed by atoms with E-state index in [2.05, 4.69) is 44.0 Å². The molecule has 5 rings (SSSR count). The molecule has 4 heterocycles. The van der Waals surface area contributed by atoms with Gasteiger partial charge in [0.25, 0.3) is 0 Å². The number of pyridine rings is 3. The Kier molecular flexibility index (Phi) is 4.94. The average Bonchev–Trinajstić information content (AvgIpc) is 3.62. The largest absolute Gasteiger partial charge is 0.481 e. The minimum atomic E-state index is -0.411. The molecular weight excluding hydrogens is 388 g/mol. The van der Waals surface area contributed by atoms with Gasteiger partial charge in [-0.2, -0.15) is 0 Å². The molecule has 0 aromatic carbocycles. The van der Waals surface area contributed by atoms with Crippen molar-refractivity contribution in [2.75, 3.05) is 7.11 Å². The minimum absolute atomic E-state index is 0.182. The zero-order chi connectivity index (χ0) is 21.8. The van der Waals surface area contributed by atoms with Gasteiger partial charge in [0.1, 0.15) is 0 Å². The lowest BCUT2D eigenvalue weighted by Gasteiger charge is -2.28. The Balaban J connectivity index is 1.54. The van der Waals surface area contributed by atoms with Gasteiger partial charge < -0.3 is 15.2 Å². The van der Waals surface area contributed by atoms with Gasteiger partial charge in [0.2, 0.25) is 5.88 Å². The Morgan fingerprint density at radius 1 is 1.13 bits per heavy atom. The summed E-state index contributed by atoms with van der Waals surface area (Å²) in [6, 6.07) is 6.37. The maximum Gasteiger partial charge on any atom is 0.222 e. The molecule has 0 saturated heterocycles. The highest BCUT2D eigenvalue weighted by molar-refractivity contribution is 5.90. The third-order valence-corrected chi connectivity index (χ3v) is 7.06. The summed E-state index contributed by atoms with van der Waals surface area (Å²) < 4.78 is 11.3. The van der Waals surface area contributed by atoms with Gasteiger partial charge in [0.05, 0.1) is 30.9 Å². The lowest BCUT2D eigenvalue weighted by atomic mass is 9.86. The molecule has 3 atom stereocenters. The van der Waals surface area contributed by atoms with Crippen molar-refractivity contribution in [2.24, 2.45) is 11.7 Å². The second-order valence-corrected chi connectivity index (χ2v) is 9.29. The fraction of sp³-hybridized carbons (Fsp3) is 0.480. The highest BCUT2D eigenvalue weighted by Gasteiger charge is 2.41. The summed E-state index contributed by atoms with van der Waals surface area (Å²) in [6.07, 6.45) is 6.92. The lowest BCUT2D eigenvalue weighted by molar-refractivity contribution is 0.0224. The van der Waals surface area contributed by atoms with Crippen molar-refractivity contribution in [1.29, 1.82) is 0 Å². The Morgan fingerprint density at radius 3 is 2.68 bits per heavy atom. The number of nitrogens with zero attached hydrogens (tertiary/aromatic N) is 3. The van der Waals surface area contributed by atoms with E-state index in [0.29, 0.717) is 24.8 Å². The van der Waals surface area contributed by atoms with Crippen LogP contribution in [0.5, 0.6) is 5.88 Å². The number of aromatic nitrogens is 3. The Labute approximate surface area is 183 Å². The zero-order valence-electron chi connectivity index (χ0n) is 18.7. The van der Waals surface area contributed by atoms with Crippen molar-refractivity contribution in [2.45, 2.75) is 64.2 Å². The van der Waals surface area contributed by atoms with Crippen LogP contribution >= 0.6 is 0 Å². The van der Waals surface area contributed by atoms with Gasteiger partial charge in [-0.3, -0.25) is 9.97 Å². The molecule has 3 aromatic heterocycles. The molecule has 31 heavy (non-hydrogen) atoms. The fourth-order valence-corrected chi connectivity index (χ4v) is 4.68. The summed E-state index contributed by atoms with van der Waals surface area (Å²) in [7, 11) is 1.64. The molecule has 2 N–H and O–H groups in total. The predicted octanol–water partition coefficient (Wildman–Crippen LogP) is 4.23. The van der Waals surface area contributed by atoms with E-state index < -0.39 is 5.54 Å². The van der Waals surface area contributed by atoms with E-state index in [1.54, 1.807) is 7.11 Å². The first kappa shape index (κ1) is 20.3. The number of rotatable bonds is 5. The monoisotopic (exact) mass is 418 g/mol. The first-order valence-electron chi connectivity index (χ1n) is 11.1. The normalized spacial score (nSPS) is 22.7. The maximum atomic E-state index is 6.78. The molecule has 6 heteroatoms. The van der Waals surface area contributed by atoms with Gasteiger partial charge >= 0.3 is 0 Å². The first-order valence-corrected chi connectivity index (χ1v) is 11.1. The fourth-order valence-electron chi connectivity index (χ4n) is 4.68. The molecular formula is C25H30N4O2. The molecule has 2 aliphatic rings. The SMILES string of the molecule is COc1ncc([C@](C)(N)C2CC2)c2cc(Cc3ccc4c(n3)[C@@H](C)[C@H](C)OC4)ncc12. The van der Waals surface area contributed by atoms with Crippen LogP contribution in [-0.2, 0) is 23.3 Å². The smallest absolute Gasteiger partial charge is 0.222 e. The van der Waals surface area contributed by atoms with Crippen LogP contribution in [-0.4, -0.2) is 28.2 Å². The summed E-state index contributed by atoms with van der Waals surface area (Å²) in [5.74, 6) is 1.36. The van der Waals surface area contributed by atoms with Gasteiger partial charge in [-0.05, 0) is 61.3 Å². The van der Waals surface area contributed by atoms with Crippen molar-refractivity contribution >= 4 is 10.8 Å². The zero-order valence-corrected chi connectivity index (χ0v) is 18.7. The van der Waals surface area contributed by atoms with Crippen LogP contribution in [0.2, 0.25) is 0 Å². The van der Waals surface area contributed by atoms with Crippen LogP contribution in [0.1, 0.15) is 67.7 Å². The summed E-state index contributed by atoms with van der Waals surface area (Å²) in [5, 5.41) is 1.97. The van der Waals surface area contributed by atoms with E-state index in [4.69, 9.17) is 25.2 Å². The number of ether oxygens (including phenoxy) is 2. The van der Waals surface area contributed by atoms with E-state index in [1.807, 2.05) is 12.4 Å². The van der Waals surface area contributed by atoms with Gasteiger partial charge in [-0.15, -0.1) is 0 Å². The van der Waals surface area contributed by atoms with Gasteiger partial charge in [-0.1, -0.05) is 13.0 Å². The minimum Gasteiger partial charge on any atom is -0.481 e. The molecule has 0 bridgehead atoms. The molecule has 1 aliphatic carbocycles. The lowest BCUT2D eigenvalue weighted by Crippen LogP contribution is -2.35. The molecule has 0 amide bonds. The predicted molar refractivity (Wildman–Crippen MR) is 120 cm³/mol. The third-order valence-electron chi connectivity index (χ3n) is 7.06. The summed E-state index contributed by atoms with van der Waals surface area (Å²) >= 11 is 0. The molecule has 1 saturated carbocycles. The highest BCUT2D eigenvalue weighted by Crippen LogP contribution is 2.46. The van der Waals surface area contributed by atoms with E-state index in [-0.39, 0.29) is 12.0 Å². The van der Waals surface area contributed by atoms with Crippen molar-refractivity contribution < 1.29 is 9.47 Å². The van der Waals surface area contributed by atoms with Gasteiger partial charge in [0.15, 0.2) is 0 Å². The second kappa shape index (κ2) is 7.53. The molecule has 162 valence electrons. The van der Waals surface area contributed by atoms with Crippen molar-refractivity contribution in [1.82, 2.24) is 15.0 Å². The van der Waals surface area contributed by atoms with Crippen LogP contribution in [0.4, 0.5) is 0 Å². The second-order valence-electron chi connectivity index (χ2n) is 9.29. The molecule has 1 aliphatic heterocycles. The Morgan fingerprint density at radius 2 is 1.94 bits per heavy atom. The van der Waals surface area contributed by atoms with Crippen LogP contribution in [0.3, 0.4) is 0 Å². The van der Waals surface area contributed by atoms with Crippen molar-refractivity contribution in [3.8, 4) is 5.88 Å². The molecule has 0 radical (unpaired) electrons. The number of fused-ring (bicyclic) bond motifs is 2. The van der Waals surface area contributed by atoms with Crippen LogP contribution in [0.25, 0.3) is 10.8 Å². The standard InChI is InChI=1S/C25H30N4O2/c1-14-15(2)31-13-16-5-8-18(29-23(14)16)9-19-10-20-21(11-27-19)24(30-4)28-12-22(20)25(3,26)17-6-7-17/h5,8,10-12,14-15,17H,6-7,9,13,26H2,1-4H3/t14-,15-,25+/m0/s1. The molecule has 6 nitrogen and oxygen atoms in total. The summed E-state index contributed by atoms with van der Waals surface area (Å²) in [5.41, 5.74) is 11.7. The number of nitrogens with two attached hydrogens (primary N) is 1. The third kappa shape index (κ3) is 3.58. The Hall–Kier alpha value is -2.57. The number of methoxy groups -OCH3 is 1. The van der Waals surface area contributed by atoms with Gasteiger partial charge in [0, 0.05) is 41.7 Å². The molecule has 0 spiro atoms. The first-order chi connectivity index (χ1) is 14.9. The van der Waals surface area contributed by atoms with E-state index in [1.165, 1.54) is 5.56 Å². The van der Waals surface area contributed by atoms with Crippen molar-refractivity contribution in [3.05, 3.63) is 58.8 Å². The number of hydrogen-bond acceptors (Lipinski definition) is 6. The Bertz CT molecular complexity index is 1140. The summed E-state index contributed by atoms with van der Waals surface area (Å²) in [6.45, 7) is 7.04. The summed E-state index contributed by atoms with van der Waals surface area (Å²) in [4.78, 5) is 14.2. The maximum absolute atomic E-state index is 6.78. The molecule has 1 fully saturated rings. The van der Waals surface area contributed by atoms with Crippen LogP contribution < -0.4 is 10.5 Å². The van der Waals surface area contributed by atoms with Crippen LogP contribution in [0, 0.1) is 5.92 Å². The van der Waals surface area contributed by atoms with Crippen molar-refractivity contribution in [3.63, 3.8) is 0 Å². The number of hydrogen-bond donors (Lipinski definition) is 1.